The Hall–Kier alpha value is -1.00. The van der Waals surface area contributed by atoms with Crippen LogP contribution < -0.4 is 0 Å². The van der Waals surface area contributed by atoms with E-state index in [1.165, 1.54) is 12.3 Å². The molecule has 1 aliphatic heterocycles. The van der Waals surface area contributed by atoms with Crippen LogP contribution in [0.5, 0.6) is 0 Å². The highest BCUT2D eigenvalue weighted by Crippen LogP contribution is 2.13. The van der Waals surface area contributed by atoms with E-state index >= 15 is 0 Å². The number of pyridine rings is 1. The van der Waals surface area contributed by atoms with Gasteiger partial charge < -0.3 is 5.11 Å². The van der Waals surface area contributed by atoms with Crippen LogP contribution in [0.15, 0.2) is 18.3 Å². The zero-order chi connectivity index (χ0) is 10.7. The number of hydrogen-bond acceptors (Lipinski definition) is 3. The SMILES string of the molecule is OC1CCN(Cc2ccnc(F)c2)CC1. The van der Waals surface area contributed by atoms with Crippen LogP contribution in [0, 0.1) is 5.95 Å². The lowest BCUT2D eigenvalue weighted by Gasteiger charge is -2.29. The average Bonchev–Trinajstić information content (AvgIpc) is 2.22. The van der Waals surface area contributed by atoms with Crippen molar-refractivity contribution in [3.05, 3.63) is 29.8 Å². The Kier molecular flexibility index (Phi) is 3.28. The van der Waals surface area contributed by atoms with Crippen LogP contribution in [0.4, 0.5) is 4.39 Å². The van der Waals surface area contributed by atoms with E-state index in [1.807, 2.05) is 6.07 Å². The normalized spacial score (nSPS) is 19.3. The third-order valence-electron chi connectivity index (χ3n) is 2.75. The van der Waals surface area contributed by atoms with Crippen LogP contribution in [0.1, 0.15) is 18.4 Å². The second kappa shape index (κ2) is 4.68. The number of aliphatic hydroxyl groups excluding tert-OH is 1. The van der Waals surface area contributed by atoms with Crippen LogP contribution in [0.2, 0.25) is 0 Å². The van der Waals surface area contributed by atoms with E-state index in [1.54, 1.807) is 0 Å². The molecule has 2 rings (SSSR count). The van der Waals surface area contributed by atoms with Gasteiger partial charge >= 0.3 is 0 Å². The largest absolute Gasteiger partial charge is 0.393 e. The summed E-state index contributed by atoms with van der Waals surface area (Å²) in [5.41, 5.74) is 0.943. The predicted octanol–water partition coefficient (Wildman–Crippen LogP) is 1.18. The number of piperidine rings is 1. The first kappa shape index (κ1) is 10.5. The molecule has 0 unspecified atom stereocenters. The van der Waals surface area contributed by atoms with E-state index in [4.69, 9.17) is 0 Å². The molecular formula is C11H15FN2O. The van der Waals surface area contributed by atoms with Gasteiger partial charge in [-0.1, -0.05) is 0 Å². The van der Waals surface area contributed by atoms with Gasteiger partial charge in [0.1, 0.15) is 0 Å². The van der Waals surface area contributed by atoms with Gasteiger partial charge in [-0.15, -0.1) is 0 Å². The zero-order valence-electron chi connectivity index (χ0n) is 8.56. The Morgan fingerprint density at radius 2 is 2.20 bits per heavy atom. The number of aliphatic hydroxyl groups is 1. The van der Waals surface area contributed by atoms with Crippen LogP contribution in [-0.2, 0) is 6.54 Å². The fourth-order valence-corrected chi connectivity index (χ4v) is 1.88. The molecule has 1 aromatic rings. The molecule has 1 aliphatic rings. The van der Waals surface area contributed by atoms with Gasteiger partial charge in [0.15, 0.2) is 0 Å². The van der Waals surface area contributed by atoms with E-state index in [0.717, 1.165) is 38.0 Å². The maximum atomic E-state index is 12.8. The Bertz CT molecular complexity index is 324. The molecule has 82 valence electrons. The standard InChI is InChI=1S/C11H15FN2O/c12-11-7-9(1-4-13-11)8-14-5-2-10(15)3-6-14/h1,4,7,10,15H,2-3,5-6,8H2. The van der Waals surface area contributed by atoms with Gasteiger partial charge in [0.2, 0.25) is 5.95 Å². The molecule has 0 amide bonds. The lowest BCUT2D eigenvalue weighted by molar-refractivity contribution is 0.0792. The maximum Gasteiger partial charge on any atom is 0.213 e. The molecule has 1 saturated heterocycles. The van der Waals surface area contributed by atoms with Crippen molar-refractivity contribution in [1.82, 2.24) is 9.88 Å². The van der Waals surface area contributed by atoms with E-state index in [9.17, 15) is 9.50 Å². The average molecular weight is 210 g/mol. The first-order valence-corrected chi connectivity index (χ1v) is 5.25. The second-order valence-corrected chi connectivity index (χ2v) is 3.99. The topological polar surface area (TPSA) is 36.4 Å². The number of aromatic nitrogens is 1. The first-order valence-electron chi connectivity index (χ1n) is 5.25. The van der Waals surface area contributed by atoms with E-state index < -0.39 is 5.95 Å². The molecule has 3 nitrogen and oxygen atoms in total. The van der Waals surface area contributed by atoms with Gasteiger partial charge in [0.05, 0.1) is 6.10 Å². The molecule has 1 N–H and O–H groups in total. The fourth-order valence-electron chi connectivity index (χ4n) is 1.88. The minimum absolute atomic E-state index is 0.157. The van der Waals surface area contributed by atoms with Crippen LogP contribution in [0.25, 0.3) is 0 Å². The Morgan fingerprint density at radius 3 is 2.87 bits per heavy atom. The Morgan fingerprint density at radius 1 is 1.47 bits per heavy atom. The summed E-state index contributed by atoms with van der Waals surface area (Å²) in [6.07, 6.45) is 2.96. The lowest BCUT2D eigenvalue weighted by Crippen LogP contribution is -2.35. The minimum Gasteiger partial charge on any atom is -0.393 e. The van der Waals surface area contributed by atoms with Gasteiger partial charge in [-0.25, -0.2) is 4.98 Å². The summed E-state index contributed by atoms with van der Waals surface area (Å²) in [4.78, 5) is 5.74. The summed E-state index contributed by atoms with van der Waals surface area (Å²) in [6.45, 7) is 2.50. The molecule has 0 spiro atoms. The summed E-state index contributed by atoms with van der Waals surface area (Å²) in [5, 5.41) is 9.34. The van der Waals surface area contributed by atoms with Crippen molar-refractivity contribution in [2.24, 2.45) is 0 Å². The summed E-state index contributed by atoms with van der Waals surface area (Å²) < 4.78 is 12.8. The summed E-state index contributed by atoms with van der Waals surface area (Å²) >= 11 is 0. The molecule has 1 aromatic heterocycles. The number of hydrogen-bond donors (Lipinski definition) is 1. The highest BCUT2D eigenvalue weighted by atomic mass is 19.1. The molecule has 0 bridgehead atoms. The Balaban J connectivity index is 1.92. The van der Waals surface area contributed by atoms with E-state index in [0.29, 0.717) is 0 Å². The predicted molar refractivity (Wildman–Crippen MR) is 54.7 cm³/mol. The quantitative estimate of drug-likeness (QED) is 0.745. The van der Waals surface area contributed by atoms with Crippen LogP contribution in [-0.4, -0.2) is 34.2 Å². The molecule has 0 atom stereocenters. The number of halogens is 1. The lowest BCUT2D eigenvalue weighted by atomic mass is 10.1. The molecule has 0 aliphatic carbocycles. The van der Waals surface area contributed by atoms with Crippen molar-refractivity contribution in [2.45, 2.75) is 25.5 Å². The van der Waals surface area contributed by atoms with Gasteiger partial charge in [-0.2, -0.15) is 4.39 Å². The summed E-state index contributed by atoms with van der Waals surface area (Å²) in [7, 11) is 0. The van der Waals surface area contributed by atoms with Crippen molar-refractivity contribution < 1.29 is 9.50 Å². The smallest absolute Gasteiger partial charge is 0.213 e. The third-order valence-corrected chi connectivity index (χ3v) is 2.75. The highest BCUT2D eigenvalue weighted by Gasteiger charge is 2.16. The molecule has 2 heterocycles. The van der Waals surface area contributed by atoms with Gasteiger partial charge in [0.25, 0.3) is 0 Å². The van der Waals surface area contributed by atoms with Gasteiger partial charge in [-0.05, 0) is 30.5 Å². The van der Waals surface area contributed by atoms with Crippen molar-refractivity contribution in [3.8, 4) is 0 Å². The van der Waals surface area contributed by atoms with Crippen molar-refractivity contribution >= 4 is 0 Å². The molecule has 0 radical (unpaired) electrons. The fraction of sp³-hybridized carbons (Fsp3) is 0.545. The summed E-state index contributed by atoms with van der Waals surface area (Å²) in [6, 6.07) is 3.29. The number of nitrogens with zero attached hydrogens (tertiary/aromatic N) is 2. The number of rotatable bonds is 2. The van der Waals surface area contributed by atoms with Gasteiger partial charge in [-0.3, -0.25) is 4.90 Å². The van der Waals surface area contributed by atoms with Crippen molar-refractivity contribution in [1.29, 1.82) is 0 Å². The zero-order valence-corrected chi connectivity index (χ0v) is 8.56. The first-order chi connectivity index (χ1) is 7.24. The number of likely N-dealkylation sites (tertiary alicyclic amines) is 1. The molecule has 4 heteroatoms. The summed E-state index contributed by atoms with van der Waals surface area (Å²) in [5.74, 6) is -0.426. The molecule has 0 aromatic carbocycles. The molecule has 15 heavy (non-hydrogen) atoms. The van der Waals surface area contributed by atoms with Crippen molar-refractivity contribution in [3.63, 3.8) is 0 Å². The molecule has 0 saturated carbocycles. The monoisotopic (exact) mass is 210 g/mol. The van der Waals surface area contributed by atoms with Crippen LogP contribution in [0.3, 0.4) is 0 Å². The Labute approximate surface area is 88.6 Å². The molecule has 1 fully saturated rings. The van der Waals surface area contributed by atoms with Crippen LogP contribution >= 0.6 is 0 Å². The maximum absolute atomic E-state index is 12.8. The second-order valence-electron chi connectivity index (χ2n) is 3.99. The van der Waals surface area contributed by atoms with E-state index in [2.05, 4.69) is 9.88 Å². The van der Waals surface area contributed by atoms with Crippen molar-refractivity contribution in [2.75, 3.05) is 13.1 Å². The van der Waals surface area contributed by atoms with Gasteiger partial charge in [0, 0.05) is 25.8 Å². The minimum atomic E-state index is -0.426. The third kappa shape index (κ3) is 2.97. The van der Waals surface area contributed by atoms with E-state index in [-0.39, 0.29) is 6.10 Å². The molecular weight excluding hydrogens is 195 g/mol. The highest BCUT2D eigenvalue weighted by molar-refractivity contribution is 5.10.